The largest absolute Gasteiger partial charge is 0.468 e. The molecule has 0 fully saturated rings. The third-order valence-corrected chi connectivity index (χ3v) is 5.33. The molecule has 8 heteroatoms. The molecule has 2 heterocycles. The number of benzene rings is 1. The van der Waals surface area contributed by atoms with E-state index < -0.39 is 0 Å². The standard InChI is InChI=1S/C23H32N6O.HI/c1-17-22(18(2)29(5)27-17)14-26-23(24-3)25-13-19-9-6-7-10-20(19)15-28(4)16-21-11-8-12-30-21;/h6-12H,13-16H2,1-5H3,(H2,24,25,26);1H. The van der Waals surface area contributed by atoms with E-state index in [1.54, 1.807) is 13.3 Å². The zero-order valence-corrected chi connectivity index (χ0v) is 21.3. The molecule has 2 aromatic heterocycles. The topological polar surface area (TPSA) is 70.6 Å². The Labute approximate surface area is 201 Å². The van der Waals surface area contributed by atoms with Crippen LogP contribution in [0, 0.1) is 13.8 Å². The van der Waals surface area contributed by atoms with Gasteiger partial charge in [0.1, 0.15) is 5.76 Å². The first-order chi connectivity index (χ1) is 14.5. The Balaban J connectivity index is 0.00000341. The van der Waals surface area contributed by atoms with E-state index in [9.17, 15) is 0 Å². The van der Waals surface area contributed by atoms with Crippen LogP contribution in [0.1, 0.15) is 33.8 Å². The molecule has 0 aliphatic rings. The Morgan fingerprint density at radius 2 is 1.77 bits per heavy atom. The molecule has 0 radical (unpaired) electrons. The zero-order chi connectivity index (χ0) is 21.5. The molecule has 0 saturated heterocycles. The summed E-state index contributed by atoms with van der Waals surface area (Å²) in [4.78, 5) is 6.62. The number of furan rings is 1. The molecule has 0 amide bonds. The summed E-state index contributed by atoms with van der Waals surface area (Å²) in [6.45, 7) is 7.15. The van der Waals surface area contributed by atoms with Crippen molar-refractivity contribution in [2.75, 3.05) is 14.1 Å². The van der Waals surface area contributed by atoms with Gasteiger partial charge in [0.05, 0.1) is 18.5 Å². The van der Waals surface area contributed by atoms with E-state index in [0.717, 1.165) is 30.5 Å². The van der Waals surface area contributed by atoms with Gasteiger partial charge in [0, 0.05) is 45.0 Å². The van der Waals surface area contributed by atoms with Crippen LogP contribution >= 0.6 is 24.0 Å². The van der Waals surface area contributed by atoms with Gasteiger partial charge in [0.15, 0.2) is 5.96 Å². The van der Waals surface area contributed by atoms with Crippen molar-refractivity contribution in [2.24, 2.45) is 12.0 Å². The van der Waals surface area contributed by atoms with Gasteiger partial charge in [0.25, 0.3) is 0 Å². The highest BCUT2D eigenvalue weighted by atomic mass is 127. The van der Waals surface area contributed by atoms with Crippen LogP contribution in [0.25, 0.3) is 0 Å². The molecular weight excluding hydrogens is 503 g/mol. The maximum Gasteiger partial charge on any atom is 0.191 e. The minimum absolute atomic E-state index is 0. The number of aliphatic imine (C=N–C) groups is 1. The van der Waals surface area contributed by atoms with Crippen LogP contribution < -0.4 is 10.6 Å². The molecule has 0 unspecified atom stereocenters. The number of rotatable bonds is 8. The minimum atomic E-state index is 0. The number of nitrogens with one attached hydrogen (secondary N) is 2. The fourth-order valence-corrected chi connectivity index (χ4v) is 3.54. The van der Waals surface area contributed by atoms with Crippen molar-refractivity contribution in [3.05, 3.63) is 76.5 Å². The quantitative estimate of drug-likeness (QED) is 0.261. The molecule has 2 N–H and O–H groups in total. The number of nitrogens with zero attached hydrogens (tertiary/aromatic N) is 4. The Hall–Kier alpha value is -2.33. The Morgan fingerprint density at radius 1 is 1.06 bits per heavy atom. The highest BCUT2D eigenvalue weighted by molar-refractivity contribution is 14.0. The second kappa shape index (κ2) is 11.9. The fourth-order valence-electron chi connectivity index (χ4n) is 3.54. The monoisotopic (exact) mass is 536 g/mol. The van der Waals surface area contributed by atoms with Gasteiger partial charge >= 0.3 is 0 Å². The van der Waals surface area contributed by atoms with Gasteiger partial charge in [-0.15, -0.1) is 24.0 Å². The lowest BCUT2D eigenvalue weighted by Gasteiger charge is -2.19. The van der Waals surface area contributed by atoms with E-state index in [2.05, 4.69) is 63.9 Å². The first-order valence-electron chi connectivity index (χ1n) is 10.2. The molecule has 1 aromatic carbocycles. The molecule has 0 spiro atoms. The van der Waals surface area contributed by atoms with Crippen molar-refractivity contribution in [3.63, 3.8) is 0 Å². The van der Waals surface area contributed by atoms with Crippen molar-refractivity contribution >= 4 is 29.9 Å². The first-order valence-corrected chi connectivity index (χ1v) is 10.2. The van der Waals surface area contributed by atoms with E-state index in [4.69, 9.17) is 4.42 Å². The van der Waals surface area contributed by atoms with Gasteiger partial charge < -0.3 is 15.1 Å². The highest BCUT2D eigenvalue weighted by Gasteiger charge is 2.11. The number of hydrogen-bond donors (Lipinski definition) is 2. The third-order valence-electron chi connectivity index (χ3n) is 5.33. The predicted molar refractivity (Wildman–Crippen MR) is 135 cm³/mol. The lowest BCUT2D eigenvalue weighted by molar-refractivity contribution is 0.287. The van der Waals surface area contributed by atoms with E-state index in [-0.39, 0.29) is 24.0 Å². The summed E-state index contributed by atoms with van der Waals surface area (Å²) < 4.78 is 7.38. The molecule has 3 rings (SSSR count). The number of aryl methyl sites for hydroxylation is 2. The van der Waals surface area contributed by atoms with E-state index in [1.165, 1.54) is 22.4 Å². The van der Waals surface area contributed by atoms with Crippen LogP contribution in [0.2, 0.25) is 0 Å². The summed E-state index contributed by atoms with van der Waals surface area (Å²) in [5, 5.41) is 11.3. The molecule has 7 nitrogen and oxygen atoms in total. The summed E-state index contributed by atoms with van der Waals surface area (Å²) in [5.74, 6) is 1.75. The van der Waals surface area contributed by atoms with Crippen molar-refractivity contribution in [2.45, 2.75) is 40.0 Å². The lowest BCUT2D eigenvalue weighted by Crippen LogP contribution is -2.36. The van der Waals surface area contributed by atoms with Crippen LogP contribution in [-0.2, 0) is 33.2 Å². The van der Waals surface area contributed by atoms with Crippen LogP contribution in [0.5, 0.6) is 0 Å². The molecule has 0 bridgehead atoms. The SMILES string of the molecule is CN=C(NCc1ccccc1CN(C)Cc1ccco1)NCc1c(C)nn(C)c1C.I. The minimum Gasteiger partial charge on any atom is -0.468 e. The second-order valence-corrected chi connectivity index (χ2v) is 7.57. The van der Waals surface area contributed by atoms with Crippen LogP contribution in [0.4, 0.5) is 0 Å². The molecule has 3 aromatic rings. The number of guanidine groups is 1. The molecule has 31 heavy (non-hydrogen) atoms. The summed E-state index contributed by atoms with van der Waals surface area (Å²) in [5.41, 5.74) is 5.96. The van der Waals surface area contributed by atoms with Crippen molar-refractivity contribution in [1.29, 1.82) is 0 Å². The average molecular weight is 536 g/mol. The van der Waals surface area contributed by atoms with Gasteiger partial charge in [-0.1, -0.05) is 24.3 Å². The van der Waals surface area contributed by atoms with E-state index in [0.29, 0.717) is 13.1 Å². The van der Waals surface area contributed by atoms with Crippen LogP contribution in [0.15, 0.2) is 52.1 Å². The fraction of sp³-hybridized carbons (Fsp3) is 0.391. The molecule has 168 valence electrons. The maximum absolute atomic E-state index is 5.46. The smallest absolute Gasteiger partial charge is 0.191 e. The van der Waals surface area contributed by atoms with Crippen molar-refractivity contribution < 1.29 is 4.42 Å². The summed E-state index contributed by atoms with van der Waals surface area (Å²) >= 11 is 0. The maximum atomic E-state index is 5.46. The second-order valence-electron chi connectivity index (χ2n) is 7.57. The van der Waals surface area contributed by atoms with Crippen molar-refractivity contribution in [1.82, 2.24) is 25.3 Å². The Bertz CT molecular complexity index is 980. The summed E-state index contributed by atoms with van der Waals surface area (Å²) in [6, 6.07) is 12.4. The number of halogens is 1. The van der Waals surface area contributed by atoms with Crippen LogP contribution in [-0.4, -0.2) is 34.7 Å². The molecule has 0 aliphatic heterocycles. The van der Waals surface area contributed by atoms with Gasteiger partial charge in [0.2, 0.25) is 0 Å². The van der Waals surface area contributed by atoms with Gasteiger partial charge in [-0.05, 0) is 44.2 Å². The number of hydrogen-bond acceptors (Lipinski definition) is 4. The van der Waals surface area contributed by atoms with Gasteiger partial charge in [-0.3, -0.25) is 14.6 Å². The highest BCUT2D eigenvalue weighted by Crippen LogP contribution is 2.14. The van der Waals surface area contributed by atoms with E-state index in [1.807, 2.05) is 30.8 Å². The third kappa shape index (κ3) is 6.83. The normalized spacial score (nSPS) is 11.5. The van der Waals surface area contributed by atoms with E-state index >= 15 is 0 Å². The summed E-state index contributed by atoms with van der Waals surface area (Å²) in [6.07, 6.45) is 1.72. The van der Waals surface area contributed by atoms with Gasteiger partial charge in [-0.2, -0.15) is 5.10 Å². The zero-order valence-electron chi connectivity index (χ0n) is 19.0. The van der Waals surface area contributed by atoms with Gasteiger partial charge in [-0.25, -0.2) is 0 Å². The van der Waals surface area contributed by atoms with Crippen LogP contribution in [0.3, 0.4) is 0 Å². The Kier molecular flexibility index (Phi) is 9.57. The summed E-state index contributed by atoms with van der Waals surface area (Å²) in [7, 11) is 5.87. The molecule has 0 atom stereocenters. The average Bonchev–Trinajstić information content (AvgIpc) is 3.31. The predicted octanol–water partition coefficient (Wildman–Crippen LogP) is 3.75. The number of aromatic nitrogens is 2. The van der Waals surface area contributed by atoms with Crippen molar-refractivity contribution in [3.8, 4) is 0 Å². The Morgan fingerprint density at radius 3 is 2.39 bits per heavy atom. The molecule has 0 saturated carbocycles. The molecular formula is C23H33IN6O. The first kappa shape index (κ1) is 24.9. The molecule has 0 aliphatic carbocycles. The lowest BCUT2D eigenvalue weighted by atomic mass is 10.1.